The zero-order chi connectivity index (χ0) is 17.8. The Kier molecular flexibility index (Phi) is 5.26. The topological polar surface area (TPSA) is 67.6 Å². The zero-order valence-corrected chi connectivity index (χ0v) is 15.0. The van der Waals surface area contributed by atoms with E-state index >= 15 is 0 Å². The van der Waals surface area contributed by atoms with Crippen LogP contribution in [0.25, 0.3) is 0 Å². The maximum atomic E-state index is 12.8. The van der Waals surface area contributed by atoms with Crippen LogP contribution in [0.1, 0.15) is 41.6 Å². The molecular weight excluding hydrogens is 318 g/mol. The molecule has 0 bridgehead atoms. The van der Waals surface area contributed by atoms with Gasteiger partial charge in [-0.05, 0) is 31.9 Å². The number of carbonyl (C=O) groups excluding carboxylic acids is 1. The first-order valence-electron chi connectivity index (χ1n) is 8.78. The monoisotopic (exact) mass is 343 g/mol. The lowest BCUT2D eigenvalue weighted by molar-refractivity contribution is 0.0715. The lowest BCUT2D eigenvalue weighted by Crippen LogP contribution is -2.42. The van der Waals surface area contributed by atoms with Crippen LogP contribution in [0, 0.1) is 6.92 Å². The molecule has 0 spiro atoms. The maximum Gasteiger partial charge on any atom is 0.259 e. The second-order valence-electron chi connectivity index (χ2n) is 6.33. The SMILES string of the molecule is CCc1onc(C)c1C(=O)N1CCC(Nc2ccccc2OC)CC1. The van der Waals surface area contributed by atoms with Crippen LogP contribution in [0.5, 0.6) is 5.75 Å². The fourth-order valence-electron chi connectivity index (χ4n) is 3.30. The third kappa shape index (κ3) is 3.62. The Morgan fingerprint density at radius 1 is 1.36 bits per heavy atom. The predicted octanol–water partition coefficient (Wildman–Crippen LogP) is 3.27. The number of benzene rings is 1. The predicted molar refractivity (Wildman–Crippen MR) is 96.2 cm³/mol. The minimum atomic E-state index is 0.0336. The average molecular weight is 343 g/mol. The molecule has 6 nitrogen and oxygen atoms in total. The quantitative estimate of drug-likeness (QED) is 0.902. The van der Waals surface area contributed by atoms with Crippen LogP contribution >= 0.6 is 0 Å². The van der Waals surface area contributed by atoms with Crippen LogP contribution in [-0.4, -0.2) is 42.2 Å². The van der Waals surface area contributed by atoms with E-state index in [9.17, 15) is 4.79 Å². The van der Waals surface area contributed by atoms with E-state index in [1.165, 1.54) is 0 Å². The Morgan fingerprint density at radius 2 is 2.08 bits per heavy atom. The molecule has 1 fully saturated rings. The number of hydrogen-bond acceptors (Lipinski definition) is 5. The van der Waals surface area contributed by atoms with E-state index in [-0.39, 0.29) is 5.91 Å². The van der Waals surface area contributed by atoms with E-state index < -0.39 is 0 Å². The number of para-hydroxylation sites is 2. The molecule has 6 heteroatoms. The van der Waals surface area contributed by atoms with E-state index in [4.69, 9.17) is 9.26 Å². The second-order valence-corrected chi connectivity index (χ2v) is 6.33. The summed E-state index contributed by atoms with van der Waals surface area (Å²) in [6.07, 6.45) is 2.47. The Bertz CT molecular complexity index is 733. The first-order valence-corrected chi connectivity index (χ1v) is 8.78. The minimum Gasteiger partial charge on any atom is -0.495 e. The summed E-state index contributed by atoms with van der Waals surface area (Å²) in [4.78, 5) is 14.7. The number of methoxy groups -OCH3 is 1. The summed E-state index contributed by atoms with van der Waals surface area (Å²) in [7, 11) is 1.67. The van der Waals surface area contributed by atoms with E-state index in [0.29, 0.717) is 29.5 Å². The number of amides is 1. The molecule has 0 aliphatic carbocycles. The van der Waals surface area contributed by atoms with Gasteiger partial charge in [0.05, 0.1) is 18.5 Å². The number of piperidine rings is 1. The number of nitrogens with one attached hydrogen (secondary N) is 1. The third-order valence-electron chi connectivity index (χ3n) is 4.72. The normalized spacial score (nSPS) is 15.2. The highest BCUT2D eigenvalue weighted by molar-refractivity contribution is 5.96. The van der Waals surface area contributed by atoms with Crippen molar-refractivity contribution in [3.8, 4) is 5.75 Å². The van der Waals surface area contributed by atoms with Crippen molar-refractivity contribution in [2.24, 2.45) is 0 Å². The van der Waals surface area contributed by atoms with Gasteiger partial charge in [-0.15, -0.1) is 0 Å². The second kappa shape index (κ2) is 7.59. The molecule has 134 valence electrons. The average Bonchev–Trinajstić information content (AvgIpc) is 3.03. The Labute approximate surface area is 148 Å². The number of nitrogens with zero attached hydrogens (tertiary/aromatic N) is 2. The first kappa shape index (κ1) is 17.3. The molecule has 2 aromatic rings. The van der Waals surface area contributed by atoms with Crippen molar-refractivity contribution >= 4 is 11.6 Å². The molecule has 1 N–H and O–H groups in total. The van der Waals surface area contributed by atoms with Gasteiger partial charge >= 0.3 is 0 Å². The Balaban J connectivity index is 1.62. The fourth-order valence-corrected chi connectivity index (χ4v) is 3.30. The van der Waals surface area contributed by atoms with Crippen LogP contribution in [0.2, 0.25) is 0 Å². The van der Waals surface area contributed by atoms with Crippen LogP contribution < -0.4 is 10.1 Å². The molecule has 1 aliphatic heterocycles. The van der Waals surface area contributed by atoms with Gasteiger partial charge in [0.2, 0.25) is 0 Å². The molecule has 1 saturated heterocycles. The number of aryl methyl sites for hydroxylation is 2. The summed E-state index contributed by atoms with van der Waals surface area (Å²) in [6, 6.07) is 8.24. The van der Waals surface area contributed by atoms with Crippen molar-refractivity contribution in [2.45, 2.75) is 39.2 Å². The fraction of sp³-hybridized carbons (Fsp3) is 0.474. The van der Waals surface area contributed by atoms with E-state index in [2.05, 4.69) is 10.5 Å². The van der Waals surface area contributed by atoms with Crippen molar-refractivity contribution in [1.29, 1.82) is 0 Å². The molecule has 0 atom stereocenters. The van der Waals surface area contributed by atoms with Gasteiger partial charge in [0.25, 0.3) is 5.91 Å². The number of ether oxygens (including phenoxy) is 1. The number of carbonyl (C=O) groups is 1. The number of hydrogen-bond donors (Lipinski definition) is 1. The van der Waals surface area contributed by atoms with Crippen molar-refractivity contribution in [1.82, 2.24) is 10.1 Å². The van der Waals surface area contributed by atoms with Crippen molar-refractivity contribution < 1.29 is 14.1 Å². The van der Waals surface area contributed by atoms with Gasteiger partial charge in [0.1, 0.15) is 17.1 Å². The molecular formula is C19H25N3O3. The van der Waals surface area contributed by atoms with Crippen molar-refractivity contribution in [2.75, 3.05) is 25.5 Å². The molecule has 0 saturated carbocycles. The van der Waals surface area contributed by atoms with Gasteiger partial charge in [-0.1, -0.05) is 24.2 Å². The Hall–Kier alpha value is -2.50. The summed E-state index contributed by atoms with van der Waals surface area (Å²) < 4.78 is 10.6. The molecule has 3 rings (SSSR count). The van der Waals surface area contributed by atoms with Crippen LogP contribution in [-0.2, 0) is 6.42 Å². The smallest absolute Gasteiger partial charge is 0.259 e. The van der Waals surface area contributed by atoms with E-state index in [1.54, 1.807) is 7.11 Å². The molecule has 25 heavy (non-hydrogen) atoms. The first-order chi connectivity index (χ1) is 12.1. The summed E-state index contributed by atoms with van der Waals surface area (Å²) in [5, 5.41) is 7.48. The molecule has 1 amide bonds. The molecule has 2 heterocycles. The summed E-state index contributed by atoms with van der Waals surface area (Å²) in [5.74, 6) is 1.55. The van der Waals surface area contributed by atoms with Crippen molar-refractivity contribution in [3.63, 3.8) is 0 Å². The van der Waals surface area contributed by atoms with Crippen LogP contribution in [0.15, 0.2) is 28.8 Å². The van der Waals surface area contributed by atoms with Gasteiger partial charge in [-0.2, -0.15) is 0 Å². The molecule has 1 aromatic carbocycles. The maximum absolute atomic E-state index is 12.8. The molecule has 0 unspecified atom stereocenters. The number of aromatic nitrogens is 1. The Morgan fingerprint density at radius 3 is 2.76 bits per heavy atom. The van der Waals surface area contributed by atoms with E-state index in [1.807, 2.05) is 43.0 Å². The lowest BCUT2D eigenvalue weighted by Gasteiger charge is -2.33. The standard InChI is InChI=1S/C19H25N3O3/c1-4-16-18(13(2)21-25-16)19(23)22-11-9-14(10-12-22)20-15-7-5-6-8-17(15)24-3/h5-8,14,20H,4,9-12H2,1-3H3. The van der Waals surface area contributed by atoms with Crippen LogP contribution in [0.3, 0.4) is 0 Å². The van der Waals surface area contributed by atoms with Gasteiger partial charge in [-0.25, -0.2) is 0 Å². The minimum absolute atomic E-state index is 0.0336. The number of rotatable bonds is 5. The number of likely N-dealkylation sites (tertiary alicyclic amines) is 1. The lowest BCUT2D eigenvalue weighted by atomic mass is 10.0. The van der Waals surface area contributed by atoms with Gasteiger partial charge in [-0.3, -0.25) is 4.79 Å². The summed E-state index contributed by atoms with van der Waals surface area (Å²) in [6.45, 7) is 5.24. The largest absolute Gasteiger partial charge is 0.495 e. The summed E-state index contributed by atoms with van der Waals surface area (Å²) in [5.41, 5.74) is 2.31. The highest BCUT2D eigenvalue weighted by Gasteiger charge is 2.28. The molecule has 0 radical (unpaired) electrons. The van der Waals surface area contributed by atoms with Gasteiger partial charge in [0, 0.05) is 25.6 Å². The zero-order valence-electron chi connectivity index (χ0n) is 15.0. The highest BCUT2D eigenvalue weighted by atomic mass is 16.5. The van der Waals surface area contributed by atoms with Gasteiger partial charge in [0.15, 0.2) is 0 Å². The number of anilines is 1. The molecule has 1 aromatic heterocycles. The van der Waals surface area contributed by atoms with Crippen LogP contribution in [0.4, 0.5) is 5.69 Å². The van der Waals surface area contributed by atoms with Gasteiger partial charge < -0.3 is 19.5 Å². The third-order valence-corrected chi connectivity index (χ3v) is 4.72. The van der Waals surface area contributed by atoms with Crippen molar-refractivity contribution in [3.05, 3.63) is 41.3 Å². The molecule has 1 aliphatic rings. The van der Waals surface area contributed by atoms with E-state index in [0.717, 1.165) is 37.4 Å². The summed E-state index contributed by atoms with van der Waals surface area (Å²) >= 11 is 0. The highest BCUT2D eigenvalue weighted by Crippen LogP contribution is 2.27.